The van der Waals surface area contributed by atoms with Gasteiger partial charge in [-0.15, -0.1) is 0 Å². The fourth-order valence-corrected chi connectivity index (χ4v) is 1.81. The highest BCUT2D eigenvalue weighted by molar-refractivity contribution is 4.57. The Labute approximate surface area is 102 Å². The van der Waals surface area contributed by atoms with Crippen LogP contribution in [-0.4, -0.2) is 51.3 Å². The summed E-state index contributed by atoms with van der Waals surface area (Å²) in [5, 5.41) is 3.50. The minimum Gasteiger partial charge on any atom is -0.384 e. The highest BCUT2D eigenvalue weighted by Crippen LogP contribution is 1.99. The summed E-state index contributed by atoms with van der Waals surface area (Å²) in [6, 6.07) is 0. The molecule has 0 aliphatic rings. The van der Waals surface area contributed by atoms with E-state index < -0.39 is 0 Å². The molecule has 0 saturated heterocycles. The van der Waals surface area contributed by atoms with Crippen LogP contribution in [0.15, 0.2) is 0 Å². The summed E-state index contributed by atoms with van der Waals surface area (Å²) in [4.78, 5) is 2.47. The van der Waals surface area contributed by atoms with Crippen molar-refractivity contribution in [3.63, 3.8) is 0 Å². The van der Waals surface area contributed by atoms with Gasteiger partial charge in [0.2, 0.25) is 0 Å². The van der Waals surface area contributed by atoms with Crippen molar-refractivity contribution in [1.29, 1.82) is 0 Å². The molecule has 0 aromatic heterocycles. The number of ether oxygens (including phenoxy) is 1. The van der Waals surface area contributed by atoms with Crippen molar-refractivity contribution in [2.45, 2.75) is 33.6 Å². The van der Waals surface area contributed by atoms with Gasteiger partial charge < -0.3 is 15.0 Å². The molecule has 3 heteroatoms. The second kappa shape index (κ2) is 11.4. The lowest BCUT2D eigenvalue weighted by Gasteiger charge is -2.18. The summed E-state index contributed by atoms with van der Waals surface area (Å²) < 4.78 is 5.11. The molecule has 3 nitrogen and oxygen atoms in total. The van der Waals surface area contributed by atoms with Gasteiger partial charge in [0, 0.05) is 13.7 Å². The van der Waals surface area contributed by atoms with Crippen LogP contribution < -0.4 is 5.32 Å². The molecule has 16 heavy (non-hydrogen) atoms. The summed E-state index contributed by atoms with van der Waals surface area (Å²) in [5.74, 6) is 0.667. The van der Waals surface area contributed by atoms with Crippen molar-refractivity contribution in [3.8, 4) is 0 Å². The van der Waals surface area contributed by atoms with Gasteiger partial charge in [-0.1, -0.05) is 20.8 Å². The van der Waals surface area contributed by atoms with Crippen LogP contribution in [-0.2, 0) is 4.74 Å². The van der Waals surface area contributed by atoms with Crippen molar-refractivity contribution >= 4 is 0 Å². The molecule has 0 bridgehead atoms. The molecule has 0 spiro atoms. The van der Waals surface area contributed by atoms with E-state index in [1.165, 1.54) is 32.5 Å². The van der Waals surface area contributed by atoms with Crippen LogP contribution in [0.2, 0.25) is 0 Å². The molecule has 1 unspecified atom stereocenters. The van der Waals surface area contributed by atoms with Gasteiger partial charge in [-0.05, 0) is 51.5 Å². The predicted octanol–water partition coefficient (Wildman–Crippen LogP) is 1.98. The maximum absolute atomic E-state index is 5.11. The Morgan fingerprint density at radius 3 is 2.44 bits per heavy atom. The lowest BCUT2D eigenvalue weighted by molar-refractivity contribution is 0.155. The third-order valence-corrected chi connectivity index (χ3v) is 2.99. The molecule has 1 atom stereocenters. The largest absolute Gasteiger partial charge is 0.384 e. The first kappa shape index (κ1) is 15.9. The van der Waals surface area contributed by atoms with Crippen molar-refractivity contribution in [3.05, 3.63) is 0 Å². The average molecular weight is 230 g/mol. The first-order valence-corrected chi connectivity index (χ1v) is 6.66. The highest BCUT2D eigenvalue weighted by Gasteiger charge is 2.01. The molecular formula is C13H30N2O. The van der Waals surface area contributed by atoms with E-state index in [4.69, 9.17) is 4.74 Å². The van der Waals surface area contributed by atoms with Crippen LogP contribution in [0.3, 0.4) is 0 Å². The zero-order chi connectivity index (χ0) is 12.2. The van der Waals surface area contributed by atoms with Crippen molar-refractivity contribution in [2.75, 3.05) is 46.4 Å². The van der Waals surface area contributed by atoms with Crippen LogP contribution in [0, 0.1) is 5.92 Å². The van der Waals surface area contributed by atoms with E-state index in [1.54, 1.807) is 7.11 Å². The van der Waals surface area contributed by atoms with Gasteiger partial charge in [-0.3, -0.25) is 0 Å². The quantitative estimate of drug-likeness (QED) is 0.549. The van der Waals surface area contributed by atoms with Gasteiger partial charge in [0.1, 0.15) is 0 Å². The van der Waals surface area contributed by atoms with Gasteiger partial charge in [-0.2, -0.15) is 0 Å². The van der Waals surface area contributed by atoms with E-state index in [-0.39, 0.29) is 0 Å². The lowest BCUT2D eigenvalue weighted by Crippen LogP contribution is -2.28. The summed E-state index contributed by atoms with van der Waals surface area (Å²) in [5.41, 5.74) is 0. The molecule has 1 N–H and O–H groups in total. The SMILES string of the molecule is CCN(CC)CCCNCCC(C)COC. The minimum absolute atomic E-state index is 0.667. The Morgan fingerprint density at radius 2 is 1.88 bits per heavy atom. The number of methoxy groups -OCH3 is 1. The van der Waals surface area contributed by atoms with Gasteiger partial charge in [0.15, 0.2) is 0 Å². The minimum atomic E-state index is 0.667. The molecule has 0 aliphatic carbocycles. The zero-order valence-electron chi connectivity index (χ0n) is 11.6. The molecule has 0 amide bonds. The van der Waals surface area contributed by atoms with Crippen molar-refractivity contribution < 1.29 is 4.74 Å². The molecule has 0 rings (SSSR count). The smallest absolute Gasteiger partial charge is 0.0488 e. The van der Waals surface area contributed by atoms with Crippen LogP contribution in [0.4, 0.5) is 0 Å². The molecule has 0 fully saturated rings. The topological polar surface area (TPSA) is 24.5 Å². The summed E-state index contributed by atoms with van der Waals surface area (Å²) in [6.07, 6.45) is 2.46. The molecule has 0 aliphatic heterocycles. The molecule has 0 aromatic rings. The van der Waals surface area contributed by atoms with Gasteiger partial charge in [0.05, 0.1) is 0 Å². The van der Waals surface area contributed by atoms with E-state index >= 15 is 0 Å². The number of nitrogens with one attached hydrogen (secondary N) is 1. The molecule has 0 saturated carbocycles. The summed E-state index contributed by atoms with van der Waals surface area (Å²) in [6.45, 7) is 13.4. The zero-order valence-corrected chi connectivity index (χ0v) is 11.6. The monoisotopic (exact) mass is 230 g/mol. The molecule has 0 aromatic carbocycles. The second-order valence-electron chi connectivity index (χ2n) is 4.48. The third-order valence-electron chi connectivity index (χ3n) is 2.99. The van der Waals surface area contributed by atoms with Gasteiger partial charge in [0.25, 0.3) is 0 Å². The molecule has 98 valence electrons. The maximum atomic E-state index is 5.11. The first-order valence-electron chi connectivity index (χ1n) is 6.66. The fourth-order valence-electron chi connectivity index (χ4n) is 1.81. The van der Waals surface area contributed by atoms with Crippen LogP contribution in [0.5, 0.6) is 0 Å². The average Bonchev–Trinajstić information content (AvgIpc) is 2.29. The maximum Gasteiger partial charge on any atom is 0.0488 e. The third kappa shape index (κ3) is 9.13. The van der Waals surface area contributed by atoms with Crippen molar-refractivity contribution in [2.24, 2.45) is 5.92 Å². The normalized spacial score (nSPS) is 13.3. The Balaban J connectivity index is 3.20. The summed E-state index contributed by atoms with van der Waals surface area (Å²) in [7, 11) is 1.77. The number of rotatable bonds is 11. The van der Waals surface area contributed by atoms with Gasteiger partial charge >= 0.3 is 0 Å². The second-order valence-corrected chi connectivity index (χ2v) is 4.48. The molecule has 0 heterocycles. The van der Waals surface area contributed by atoms with Crippen molar-refractivity contribution in [1.82, 2.24) is 10.2 Å². The van der Waals surface area contributed by atoms with E-state index in [0.29, 0.717) is 5.92 Å². The fraction of sp³-hybridized carbons (Fsp3) is 1.00. The Bertz CT molecular complexity index is 138. The van der Waals surface area contributed by atoms with E-state index in [1.807, 2.05) is 0 Å². The van der Waals surface area contributed by atoms with Crippen LogP contribution >= 0.6 is 0 Å². The van der Waals surface area contributed by atoms with E-state index in [2.05, 4.69) is 31.0 Å². The predicted molar refractivity (Wildman–Crippen MR) is 70.9 cm³/mol. The summed E-state index contributed by atoms with van der Waals surface area (Å²) >= 11 is 0. The van der Waals surface area contributed by atoms with Crippen LogP contribution in [0.25, 0.3) is 0 Å². The first-order chi connectivity index (χ1) is 7.74. The number of hydrogen-bond acceptors (Lipinski definition) is 3. The lowest BCUT2D eigenvalue weighted by atomic mass is 10.1. The van der Waals surface area contributed by atoms with E-state index in [0.717, 1.165) is 19.7 Å². The Morgan fingerprint density at radius 1 is 1.19 bits per heavy atom. The number of nitrogens with zero attached hydrogens (tertiary/aromatic N) is 1. The number of hydrogen-bond donors (Lipinski definition) is 1. The van der Waals surface area contributed by atoms with Gasteiger partial charge in [-0.25, -0.2) is 0 Å². The Hall–Kier alpha value is -0.120. The van der Waals surface area contributed by atoms with E-state index in [9.17, 15) is 0 Å². The molecular weight excluding hydrogens is 200 g/mol. The van der Waals surface area contributed by atoms with Crippen LogP contribution in [0.1, 0.15) is 33.6 Å². The highest BCUT2D eigenvalue weighted by atomic mass is 16.5. The Kier molecular flexibility index (Phi) is 11.3. The molecule has 0 radical (unpaired) electrons. The standard InChI is InChI=1S/C13H30N2O/c1-5-15(6-2)11-7-9-14-10-8-13(3)12-16-4/h13-14H,5-12H2,1-4H3.